The van der Waals surface area contributed by atoms with E-state index in [1.807, 2.05) is 5.32 Å². The molecule has 0 bridgehead atoms. The van der Waals surface area contributed by atoms with Gasteiger partial charge in [-0.2, -0.15) is 0 Å². The first kappa shape index (κ1) is 12.7. The molecule has 0 unspecified atom stereocenters. The number of urea groups is 1. The van der Waals surface area contributed by atoms with Gasteiger partial charge >= 0.3 is 12.0 Å². The largest absolute Gasteiger partial charge is 0.481 e. The molecule has 3 amide bonds. The summed E-state index contributed by atoms with van der Waals surface area (Å²) in [6, 6.07) is 0.851. The molecular formula is C9H11N3O5. The van der Waals surface area contributed by atoms with Crippen molar-refractivity contribution in [3.63, 3.8) is 0 Å². The molecule has 0 radical (unpaired) electrons. The second-order valence-corrected chi connectivity index (χ2v) is 3.10. The highest BCUT2D eigenvalue weighted by Gasteiger charge is 2.09. The summed E-state index contributed by atoms with van der Waals surface area (Å²) in [5.74, 6) is -1.30. The Morgan fingerprint density at radius 1 is 1.35 bits per heavy atom. The topological polar surface area (TPSA) is 122 Å². The zero-order valence-corrected chi connectivity index (χ0v) is 8.80. The minimum Gasteiger partial charge on any atom is -0.481 e. The average molecular weight is 241 g/mol. The molecule has 0 atom stereocenters. The predicted molar refractivity (Wildman–Crippen MR) is 53.8 cm³/mol. The molecule has 0 saturated heterocycles. The van der Waals surface area contributed by atoms with Crippen LogP contribution in [-0.4, -0.2) is 28.2 Å². The van der Waals surface area contributed by atoms with Crippen LogP contribution in [0.1, 0.15) is 18.6 Å². The molecule has 3 N–H and O–H groups in total. The molecule has 92 valence electrons. The van der Waals surface area contributed by atoms with Gasteiger partial charge in [-0.3, -0.25) is 14.9 Å². The van der Waals surface area contributed by atoms with Gasteiger partial charge in [0, 0.05) is 12.5 Å². The van der Waals surface area contributed by atoms with Gasteiger partial charge in [0.05, 0.1) is 19.2 Å². The number of carboxylic acids is 1. The third-order valence-corrected chi connectivity index (χ3v) is 1.73. The van der Waals surface area contributed by atoms with Gasteiger partial charge in [-0.05, 0) is 0 Å². The Morgan fingerprint density at radius 2 is 2.12 bits per heavy atom. The lowest BCUT2D eigenvalue weighted by molar-refractivity contribution is -0.138. The van der Waals surface area contributed by atoms with Crippen molar-refractivity contribution >= 4 is 17.9 Å². The molecule has 1 rings (SSSR count). The van der Waals surface area contributed by atoms with E-state index in [2.05, 4.69) is 10.5 Å². The lowest BCUT2D eigenvalue weighted by Gasteiger charge is -2.03. The van der Waals surface area contributed by atoms with Crippen LogP contribution in [0.25, 0.3) is 0 Å². The van der Waals surface area contributed by atoms with E-state index in [0.29, 0.717) is 5.76 Å². The van der Waals surface area contributed by atoms with Gasteiger partial charge in [-0.15, -0.1) is 0 Å². The number of aliphatic carboxylic acids is 1. The van der Waals surface area contributed by atoms with Gasteiger partial charge in [0.25, 0.3) is 0 Å². The summed E-state index contributed by atoms with van der Waals surface area (Å²) in [6.07, 6.45) is 0.860. The monoisotopic (exact) mass is 241 g/mol. The van der Waals surface area contributed by atoms with E-state index in [1.165, 1.54) is 6.20 Å². The fourth-order valence-electron chi connectivity index (χ4n) is 0.954. The van der Waals surface area contributed by atoms with E-state index in [9.17, 15) is 14.4 Å². The SMILES string of the molecule is O=C(O)CCC(=O)NC(=O)NCc1ccno1. The zero-order chi connectivity index (χ0) is 12.7. The van der Waals surface area contributed by atoms with Crippen molar-refractivity contribution in [3.8, 4) is 0 Å². The van der Waals surface area contributed by atoms with Crippen LogP contribution >= 0.6 is 0 Å². The highest BCUT2D eigenvalue weighted by Crippen LogP contribution is 1.94. The number of nitrogens with zero attached hydrogens (tertiary/aromatic N) is 1. The fraction of sp³-hybridized carbons (Fsp3) is 0.333. The molecule has 0 aromatic carbocycles. The van der Waals surface area contributed by atoms with E-state index in [4.69, 9.17) is 9.63 Å². The smallest absolute Gasteiger partial charge is 0.321 e. The molecule has 0 saturated carbocycles. The van der Waals surface area contributed by atoms with Crippen LogP contribution in [0.3, 0.4) is 0 Å². The first-order valence-corrected chi connectivity index (χ1v) is 4.77. The molecule has 1 heterocycles. The van der Waals surface area contributed by atoms with E-state index in [-0.39, 0.29) is 19.4 Å². The minimum atomic E-state index is -1.10. The summed E-state index contributed by atoms with van der Waals surface area (Å²) in [5, 5.41) is 16.1. The normalized spacial score (nSPS) is 9.65. The first-order valence-electron chi connectivity index (χ1n) is 4.77. The number of carboxylic acid groups (broad SMARTS) is 1. The number of carbonyl (C=O) groups is 3. The molecule has 1 aromatic rings. The van der Waals surface area contributed by atoms with Crippen molar-refractivity contribution in [1.29, 1.82) is 0 Å². The molecule has 0 aliphatic rings. The van der Waals surface area contributed by atoms with Crippen LogP contribution < -0.4 is 10.6 Å². The lowest BCUT2D eigenvalue weighted by Crippen LogP contribution is -2.39. The van der Waals surface area contributed by atoms with Gasteiger partial charge in [-0.25, -0.2) is 4.79 Å². The number of rotatable bonds is 5. The maximum atomic E-state index is 11.1. The fourth-order valence-corrected chi connectivity index (χ4v) is 0.954. The Hall–Kier alpha value is -2.38. The zero-order valence-electron chi connectivity index (χ0n) is 8.80. The standard InChI is InChI=1S/C9H11N3O5/c13-7(1-2-8(14)15)12-9(16)10-5-6-3-4-11-17-6/h3-4H,1-2,5H2,(H,14,15)(H2,10,12,13,16). The van der Waals surface area contributed by atoms with Gasteiger partial charge in [0.1, 0.15) is 0 Å². The van der Waals surface area contributed by atoms with Crippen molar-refractivity contribution < 1.29 is 24.0 Å². The molecule has 8 heteroatoms. The van der Waals surface area contributed by atoms with Gasteiger partial charge < -0.3 is 14.9 Å². The second kappa shape index (κ2) is 6.26. The summed E-state index contributed by atoms with van der Waals surface area (Å²) in [6.45, 7) is 0.0953. The third-order valence-electron chi connectivity index (χ3n) is 1.73. The van der Waals surface area contributed by atoms with Gasteiger partial charge in [0.2, 0.25) is 5.91 Å². The maximum absolute atomic E-state index is 11.1. The van der Waals surface area contributed by atoms with Crippen LogP contribution in [0.4, 0.5) is 4.79 Å². The maximum Gasteiger partial charge on any atom is 0.321 e. The van der Waals surface area contributed by atoms with Crippen LogP contribution in [0, 0.1) is 0 Å². The molecule has 0 fully saturated rings. The summed E-state index contributed by atoms with van der Waals surface area (Å²) in [4.78, 5) is 32.4. The minimum absolute atomic E-state index is 0.0953. The quantitative estimate of drug-likeness (QED) is 0.659. The highest BCUT2D eigenvalue weighted by molar-refractivity contribution is 5.95. The van der Waals surface area contributed by atoms with Crippen LogP contribution in [0.15, 0.2) is 16.8 Å². The number of amides is 3. The Kier molecular flexibility index (Phi) is 4.67. The third kappa shape index (κ3) is 5.30. The van der Waals surface area contributed by atoms with Gasteiger partial charge in [0.15, 0.2) is 5.76 Å². The number of nitrogens with one attached hydrogen (secondary N) is 2. The molecular weight excluding hydrogens is 230 g/mol. The Morgan fingerprint density at radius 3 is 2.71 bits per heavy atom. The van der Waals surface area contributed by atoms with Crippen LogP contribution in [0.2, 0.25) is 0 Å². The van der Waals surface area contributed by atoms with E-state index in [0.717, 1.165) is 0 Å². The molecule has 0 aliphatic carbocycles. The molecule has 17 heavy (non-hydrogen) atoms. The van der Waals surface area contributed by atoms with Gasteiger partial charge in [-0.1, -0.05) is 5.16 Å². The van der Waals surface area contributed by atoms with E-state index >= 15 is 0 Å². The number of hydrogen-bond donors (Lipinski definition) is 3. The summed E-state index contributed by atoms with van der Waals surface area (Å²) >= 11 is 0. The van der Waals surface area contributed by atoms with E-state index < -0.39 is 17.9 Å². The summed E-state index contributed by atoms with van der Waals surface area (Å²) in [7, 11) is 0. The van der Waals surface area contributed by atoms with Crippen molar-refractivity contribution in [2.24, 2.45) is 0 Å². The average Bonchev–Trinajstić information content (AvgIpc) is 2.76. The van der Waals surface area contributed by atoms with Crippen molar-refractivity contribution in [3.05, 3.63) is 18.0 Å². The molecule has 1 aromatic heterocycles. The Balaban J connectivity index is 2.20. The first-order chi connectivity index (χ1) is 8.08. The summed E-state index contributed by atoms with van der Waals surface area (Å²) in [5.41, 5.74) is 0. The number of aromatic nitrogens is 1. The van der Waals surface area contributed by atoms with Crippen LogP contribution in [0.5, 0.6) is 0 Å². The van der Waals surface area contributed by atoms with Crippen molar-refractivity contribution in [2.75, 3.05) is 0 Å². The van der Waals surface area contributed by atoms with Crippen molar-refractivity contribution in [1.82, 2.24) is 15.8 Å². The number of imide groups is 1. The molecule has 0 spiro atoms. The van der Waals surface area contributed by atoms with Crippen molar-refractivity contribution in [2.45, 2.75) is 19.4 Å². The molecule has 0 aliphatic heterocycles. The Bertz CT molecular complexity index is 401. The molecule has 8 nitrogen and oxygen atoms in total. The van der Waals surface area contributed by atoms with E-state index in [1.54, 1.807) is 6.07 Å². The Labute approximate surface area is 96.0 Å². The predicted octanol–water partition coefficient (Wildman–Crippen LogP) is -0.135. The number of carbonyl (C=O) groups excluding carboxylic acids is 2. The summed E-state index contributed by atoms with van der Waals surface area (Å²) < 4.78 is 4.71. The number of hydrogen-bond acceptors (Lipinski definition) is 5. The lowest BCUT2D eigenvalue weighted by atomic mass is 10.3. The highest BCUT2D eigenvalue weighted by atomic mass is 16.5. The second-order valence-electron chi connectivity index (χ2n) is 3.10. The van der Waals surface area contributed by atoms with Crippen LogP contribution in [-0.2, 0) is 16.1 Å².